The Hall–Kier alpha value is -4.12. The number of pyridine rings is 1. The molecule has 0 radical (unpaired) electrons. The number of esters is 1. The highest BCUT2D eigenvalue weighted by atomic mass is 19.4. The van der Waals surface area contributed by atoms with Crippen LogP contribution in [0.2, 0.25) is 0 Å². The molecule has 2 fully saturated rings. The van der Waals surface area contributed by atoms with E-state index in [0.29, 0.717) is 28.8 Å². The first kappa shape index (κ1) is 41.5. The smallest absolute Gasteiger partial charge is 0.417 e. The number of benzene rings is 2. The summed E-state index contributed by atoms with van der Waals surface area (Å²) in [6.07, 6.45) is -13.8. The van der Waals surface area contributed by atoms with E-state index < -0.39 is 103 Å². The number of amides is 1. The number of likely N-dealkylation sites (tertiary alicyclic amines) is 2. The molecule has 2 atom stereocenters. The maximum absolute atomic E-state index is 15.2. The van der Waals surface area contributed by atoms with E-state index in [2.05, 4.69) is 10.2 Å². The van der Waals surface area contributed by atoms with E-state index in [1.807, 2.05) is 0 Å². The van der Waals surface area contributed by atoms with Crippen molar-refractivity contribution < 1.29 is 53.8 Å². The number of halogens is 9. The monoisotopic (exact) mass is 802 g/mol. The summed E-state index contributed by atoms with van der Waals surface area (Å²) in [4.78, 5) is 43.3. The van der Waals surface area contributed by atoms with Crippen LogP contribution < -0.4 is 10.9 Å². The van der Waals surface area contributed by atoms with Crippen LogP contribution in [-0.2, 0) is 46.9 Å². The van der Waals surface area contributed by atoms with E-state index in [0.717, 1.165) is 44.4 Å². The molecule has 1 N–H and O–H groups in total. The van der Waals surface area contributed by atoms with Crippen molar-refractivity contribution in [3.8, 4) is 0 Å². The van der Waals surface area contributed by atoms with Gasteiger partial charge in [0.25, 0.3) is 5.56 Å². The van der Waals surface area contributed by atoms with Gasteiger partial charge in [-0.25, -0.2) is 4.79 Å². The number of carbonyl (C=O) groups excluding carboxylic acids is 2. The van der Waals surface area contributed by atoms with Crippen LogP contribution in [0.15, 0.2) is 41.2 Å². The lowest BCUT2D eigenvalue weighted by Gasteiger charge is -2.42. The van der Waals surface area contributed by atoms with Crippen LogP contribution in [0.1, 0.15) is 77.8 Å². The summed E-state index contributed by atoms with van der Waals surface area (Å²) < 4.78 is 134. The van der Waals surface area contributed by atoms with Crippen molar-refractivity contribution in [1.82, 2.24) is 19.7 Å². The fourth-order valence-electron chi connectivity index (χ4n) is 8.78. The second-order valence-corrected chi connectivity index (χ2v) is 15.1. The Morgan fingerprint density at radius 2 is 1.61 bits per heavy atom. The SMILES string of the molecule is COC(=O)C(Cc1cccc2c1CCC2c1c(C(F)(F)F)c2cc(CN3CCCCC3)ccc2n(C)c1=O)NC(=O)C1(C(F)(F)F)CCN(CC(F)(F)F)CC1. The van der Waals surface area contributed by atoms with Crippen molar-refractivity contribution in [2.75, 3.05) is 39.8 Å². The van der Waals surface area contributed by atoms with Gasteiger partial charge in [-0.15, -0.1) is 0 Å². The Morgan fingerprint density at radius 1 is 0.929 bits per heavy atom. The molecule has 2 aliphatic heterocycles. The van der Waals surface area contributed by atoms with Crippen LogP contribution in [0.3, 0.4) is 0 Å². The molecule has 3 aliphatic rings. The predicted octanol–water partition coefficient (Wildman–Crippen LogP) is 7.03. The number of nitrogens with zero attached hydrogens (tertiary/aromatic N) is 3. The van der Waals surface area contributed by atoms with Crippen LogP contribution in [-0.4, -0.2) is 84.5 Å². The first-order valence-corrected chi connectivity index (χ1v) is 18.5. The van der Waals surface area contributed by atoms with Gasteiger partial charge in [-0.05, 0) is 99.1 Å². The van der Waals surface area contributed by atoms with Crippen LogP contribution >= 0.6 is 0 Å². The Kier molecular flexibility index (Phi) is 11.6. The van der Waals surface area contributed by atoms with Gasteiger partial charge in [0.05, 0.1) is 24.7 Å². The number of piperidine rings is 2. The molecular formula is C39H43F9N4O4. The van der Waals surface area contributed by atoms with Gasteiger partial charge in [0.1, 0.15) is 11.5 Å². The lowest BCUT2D eigenvalue weighted by molar-refractivity contribution is -0.236. The molecule has 56 heavy (non-hydrogen) atoms. The van der Waals surface area contributed by atoms with Gasteiger partial charge in [0, 0.05) is 36.9 Å². The number of aromatic nitrogens is 1. The third-order valence-corrected chi connectivity index (χ3v) is 11.7. The third-order valence-electron chi connectivity index (χ3n) is 11.7. The van der Waals surface area contributed by atoms with Crippen LogP contribution in [0.4, 0.5) is 39.5 Å². The number of aryl methyl sites for hydroxylation is 1. The maximum Gasteiger partial charge on any atom is 0.417 e. The molecule has 6 rings (SSSR count). The minimum Gasteiger partial charge on any atom is -0.467 e. The largest absolute Gasteiger partial charge is 0.467 e. The molecule has 17 heteroatoms. The van der Waals surface area contributed by atoms with E-state index in [1.54, 1.807) is 12.1 Å². The molecule has 2 unspecified atom stereocenters. The lowest BCUT2D eigenvalue weighted by Crippen LogP contribution is -2.59. The molecule has 306 valence electrons. The topological polar surface area (TPSA) is 83.9 Å². The molecule has 0 spiro atoms. The number of methoxy groups -OCH3 is 1. The average Bonchev–Trinajstić information content (AvgIpc) is 3.56. The van der Waals surface area contributed by atoms with Crippen molar-refractivity contribution in [2.24, 2.45) is 12.5 Å². The first-order chi connectivity index (χ1) is 26.2. The number of nitrogens with one attached hydrogen (secondary N) is 1. The molecule has 1 amide bonds. The van der Waals surface area contributed by atoms with Gasteiger partial charge >= 0.3 is 24.5 Å². The highest BCUT2D eigenvalue weighted by Crippen LogP contribution is 2.48. The van der Waals surface area contributed by atoms with Gasteiger partial charge in [0.2, 0.25) is 5.91 Å². The summed E-state index contributed by atoms with van der Waals surface area (Å²) in [7, 11) is 2.39. The summed E-state index contributed by atoms with van der Waals surface area (Å²) in [6.45, 7) is -0.661. The van der Waals surface area contributed by atoms with Crippen LogP contribution in [0.5, 0.6) is 0 Å². The summed E-state index contributed by atoms with van der Waals surface area (Å²) >= 11 is 0. The molecule has 3 aromatic rings. The van der Waals surface area contributed by atoms with E-state index in [1.165, 1.54) is 35.9 Å². The highest BCUT2D eigenvalue weighted by Gasteiger charge is 2.61. The summed E-state index contributed by atoms with van der Waals surface area (Å²) in [6, 6.07) is 7.71. The highest BCUT2D eigenvalue weighted by molar-refractivity contribution is 5.89. The standard InChI is InChI=1S/C39H43F9N4O4/c1-50-30-12-9-23(21-51-15-4-3-5-16-51)19-28(30)32(38(43,44)45)31(33(50)53)27-11-10-25-24(7-6-8-26(25)27)20-29(34(54)56-2)49-35(55)36(39(46,47)48)13-17-52(18-14-36)22-37(40,41)42/h6-9,12,19,27,29H,3-5,10-11,13-18,20-22H2,1-2H3,(H,49,55). The fraction of sp³-hybridized carbons (Fsp3) is 0.564. The van der Waals surface area contributed by atoms with E-state index >= 15 is 13.2 Å². The number of rotatable bonds is 9. The molecular weight excluding hydrogens is 759 g/mol. The van der Waals surface area contributed by atoms with E-state index in [4.69, 9.17) is 4.74 Å². The number of fused-ring (bicyclic) bond motifs is 2. The van der Waals surface area contributed by atoms with Gasteiger partial charge in [-0.2, -0.15) is 39.5 Å². The van der Waals surface area contributed by atoms with Crippen molar-refractivity contribution in [3.05, 3.63) is 80.1 Å². The van der Waals surface area contributed by atoms with Crippen molar-refractivity contribution in [1.29, 1.82) is 0 Å². The van der Waals surface area contributed by atoms with Crippen molar-refractivity contribution >= 4 is 22.8 Å². The first-order valence-electron chi connectivity index (χ1n) is 18.5. The van der Waals surface area contributed by atoms with Gasteiger partial charge in [-0.3, -0.25) is 19.4 Å². The second kappa shape index (κ2) is 15.7. The number of hydrogen-bond acceptors (Lipinski definition) is 6. The van der Waals surface area contributed by atoms with Crippen molar-refractivity contribution in [3.63, 3.8) is 0 Å². The summed E-state index contributed by atoms with van der Waals surface area (Å²) in [5.74, 6) is -3.70. The molecule has 0 bridgehead atoms. The Morgan fingerprint density at radius 3 is 2.21 bits per heavy atom. The molecule has 8 nitrogen and oxygen atoms in total. The number of alkyl halides is 9. The van der Waals surface area contributed by atoms with Gasteiger partial charge in [0.15, 0.2) is 0 Å². The molecule has 3 heterocycles. The minimum absolute atomic E-state index is 0.0878. The normalized spacial score (nSPS) is 20.2. The zero-order valence-corrected chi connectivity index (χ0v) is 30.9. The summed E-state index contributed by atoms with van der Waals surface area (Å²) in [5.41, 5.74) is -3.35. The molecule has 1 aromatic heterocycles. The Labute approximate surface area is 316 Å². The van der Waals surface area contributed by atoms with Crippen LogP contribution in [0.25, 0.3) is 10.9 Å². The van der Waals surface area contributed by atoms with E-state index in [-0.39, 0.29) is 23.7 Å². The zero-order valence-electron chi connectivity index (χ0n) is 30.9. The predicted molar refractivity (Wildman–Crippen MR) is 188 cm³/mol. The number of ether oxygens (including phenoxy) is 1. The van der Waals surface area contributed by atoms with Gasteiger partial charge in [-0.1, -0.05) is 30.7 Å². The zero-order chi connectivity index (χ0) is 40.8. The molecule has 0 saturated carbocycles. The minimum atomic E-state index is -5.17. The number of carbonyl (C=O) groups is 2. The second-order valence-electron chi connectivity index (χ2n) is 15.1. The quantitative estimate of drug-likeness (QED) is 0.185. The average molecular weight is 803 g/mol. The van der Waals surface area contributed by atoms with E-state index in [9.17, 15) is 40.7 Å². The Bertz CT molecular complexity index is 2010. The fourth-order valence-corrected chi connectivity index (χ4v) is 8.78. The number of hydrogen-bond donors (Lipinski definition) is 1. The molecule has 1 aliphatic carbocycles. The summed E-state index contributed by atoms with van der Waals surface area (Å²) in [5, 5.41) is 2.04. The lowest BCUT2D eigenvalue weighted by atomic mass is 9.76. The van der Waals surface area contributed by atoms with Crippen molar-refractivity contribution in [2.45, 2.75) is 88.4 Å². The maximum atomic E-state index is 15.2. The Balaban J connectivity index is 1.33. The molecule has 2 aromatic carbocycles. The third kappa shape index (κ3) is 8.29. The molecule has 2 saturated heterocycles. The van der Waals surface area contributed by atoms with Gasteiger partial charge < -0.3 is 14.6 Å². The van der Waals surface area contributed by atoms with Crippen LogP contribution in [0, 0.1) is 5.41 Å².